The van der Waals surface area contributed by atoms with Gasteiger partial charge in [-0.1, -0.05) is 30.3 Å². The van der Waals surface area contributed by atoms with E-state index < -0.39 is 16.7 Å². The van der Waals surface area contributed by atoms with Gasteiger partial charge in [0, 0.05) is 24.2 Å². The summed E-state index contributed by atoms with van der Waals surface area (Å²) in [6.07, 6.45) is 2.36. The standard InChI is InChI=1S/C21H24N4O4/c1-24(2)14-6-13-22-21(27)19(15-16-7-4-3-5-8-16)23-20(26)17-9-11-18(12-10-17)25(28)29/h3-5,7-12,15H,6,13-14H2,1-2H3,(H,22,27)(H,23,26)/b19-15+. The molecule has 0 aromatic heterocycles. The van der Waals surface area contributed by atoms with Gasteiger partial charge in [-0.25, -0.2) is 0 Å². The van der Waals surface area contributed by atoms with Gasteiger partial charge in [-0.2, -0.15) is 0 Å². The number of nitro groups is 1. The first-order valence-electron chi connectivity index (χ1n) is 9.12. The first kappa shape index (κ1) is 21.8. The van der Waals surface area contributed by atoms with Crippen LogP contribution in [0.1, 0.15) is 22.3 Å². The normalized spacial score (nSPS) is 11.2. The second-order valence-corrected chi connectivity index (χ2v) is 6.64. The highest BCUT2D eigenvalue weighted by molar-refractivity contribution is 6.05. The molecule has 0 fully saturated rings. The molecule has 0 radical (unpaired) electrons. The summed E-state index contributed by atoms with van der Waals surface area (Å²) in [5, 5.41) is 16.2. The lowest BCUT2D eigenvalue weighted by Crippen LogP contribution is -2.36. The van der Waals surface area contributed by atoms with Crippen LogP contribution in [-0.2, 0) is 4.79 Å². The fraction of sp³-hybridized carbons (Fsp3) is 0.238. The van der Waals surface area contributed by atoms with Crippen molar-refractivity contribution in [2.75, 3.05) is 27.2 Å². The number of benzene rings is 2. The molecule has 0 heterocycles. The van der Waals surface area contributed by atoms with Crippen molar-refractivity contribution >= 4 is 23.6 Å². The summed E-state index contributed by atoms with van der Waals surface area (Å²) in [6, 6.07) is 14.3. The Hall–Kier alpha value is -3.52. The molecule has 0 aliphatic rings. The molecule has 2 rings (SSSR count). The largest absolute Gasteiger partial charge is 0.351 e. The summed E-state index contributed by atoms with van der Waals surface area (Å²) < 4.78 is 0. The maximum absolute atomic E-state index is 12.6. The van der Waals surface area contributed by atoms with Gasteiger partial charge < -0.3 is 15.5 Å². The molecule has 0 spiro atoms. The van der Waals surface area contributed by atoms with Crippen molar-refractivity contribution in [3.05, 3.63) is 81.5 Å². The number of nitrogens with zero attached hydrogens (tertiary/aromatic N) is 2. The summed E-state index contributed by atoms with van der Waals surface area (Å²) in [5.74, 6) is -0.923. The highest BCUT2D eigenvalue weighted by Crippen LogP contribution is 2.13. The number of hydrogen-bond donors (Lipinski definition) is 2. The Bertz CT molecular complexity index is 877. The lowest BCUT2D eigenvalue weighted by Gasteiger charge is -2.13. The topological polar surface area (TPSA) is 105 Å². The number of rotatable bonds is 9. The summed E-state index contributed by atoms with van der Waals surface area (Å²) in [4.78, 5) is 37.4. The molecule has 0 saturated carbocycles. The van der Waals surface area contributed by atoms with E-state index in [2.05, 4.69) is 10.6 Å². The van der Waals surface area contributed by atoms with E-state index in [0.717, 1.165) is 18.5 Å². The lowest BCUT2D eigenvalue weighted by molar-refractivity contribution is -0.384. The van der Waals surface area contributed by atoms with Crippen molar-refractivity contribution < 1.29 is 14.5 Å². The molecule has 2 N–H and O–H groups in total. The number of non-ortho nitro benzene ring substituents is 1. The molecule has 0 bridgehead atoms. The second kappa shape index (κ2) is 10.7. The van der Waals surface area contributed by atoms with Crippen molar-refractivity contribution in [2.45, 2.75) is 6.42 Å². The second-order valence-electron chi connectivity index (χ2n) is 6.64. The van der Waals surface area contributed by atoms with Crippen LogP contribution >= 0.6 is 0 Å². The summed E-state index contributed by atoms with van der Waals surface area (Å²) in [6.45, 7) is 1.30. The molecule has 0 aliphatic heterocycles. The van der Waals surface area contributed by atoms with Crippen molar-refractivity contribution in [2.24, 2.45) is 0 Å². The van der Waals surface area contributed by atoms with E-state index in [0.29, 0.717) is 6.54 Å². The van der Waals surface area contributed by atoms with E-state index in [4.69, 9.17) is 0 Å². The Balaban J connectivity index is 2.14. The van der Waals surface area contributed by atoms with Gasteiger partial charge in [0.2, 0.25) is 0 Å². The van der Waals surface area contributed by atoms with Crippen LogP contribution in [0.25, 0.3) is 6.08 Å². The minimum Gasteiger partial charge on any atom is -0.351 e. The molecule has 8 heteroatoms. The van der Waals surface area contributed by atoms with Gasteiger partial charge in [0.25, 0.3) is 17.5 Å². The predicted molar refractivity (Wildman–Crippen MR) is 111 cm³/mol. The zero-order valence-electron chi connectivity index (χ0n) is 16.4. The van der Waals surface area contributed by atoms with Gasteiger partial charge in [-0.15, -0.1) is 0 Å². The molecule has 0 unspecified atom stereocenters. The quantitative estimate of drug-likeness (QED) is 0.293. The summed E-state index contributed by atoms with van der Waals surface area (Å²) in [7, 11) is 3.90. The number of nitrogens with one attached hydrogen (secondary N) is 2. The van der Waals surface area contributed by atoms with Crippen LogP contribution in [0.4, 0.5) is 5.69 Å². The minimum atomic E-state index is -0.538. The first-order chi connectivity index (χ1) is 13.9. The maximum Gasteiger partial charge on any atom is 0.269 e. The Labute approximate surface area is 169 Å². The van der Waals surface area contributed by atoms with Crippen molar-refractivity contribution in [1.82, 2.24) is 15.5 Å². The molecule has 2 aromatic carbocycles. The molecule has 8 nitrogen and oxygen atoms in total. The van der Waals surface area contributed by atoms with Crippen LogP contribution in [0.5, 0.6) is 0 Å². The number of amides is 2. The molecule has 0 aliphatic carbocycles. The molecule has 0 saturated heterocycles. The number of nitro benzene ring substituents is 1. The van der Waals surface area contributed by atoms with Crippen LogP contribution in [0.3, 0.4) is 0 Å². The van der Waals surface area contributed by atoms with E-state index in [1.807, 2.05) is 49.3 Å². The first-order valence-corrected chi connectivity index (χ1v) is 9.12. The molecular formula is C21H24N4O4. The van der Waals surface area contributed by atoms with Gasteiger partial charge in [0.15, 0.2) is 0 Å². The smallest absolute Gasteiger partial charge is 0.269 e. The van der Waals surface area contributed by atoms with Crippen molar-refractivity contribution in [1.29, 1.82) is 0 Å². The van der Waals surface area contributed by atoms with Gasteiger partial charge in [-0.3, -0.25) is 19.7 Å². The molecular weight excluding hydrogens is 372 g/mol. The Morgan fingerprint density at radius 1 is 1.07 bits per heavy atom. The van der Waals surface area contributed by atoms with E-state index in [-0.39, 0.29) is 16.9 Å². The Kier molecular flexibility index (Phi) is 8.05. The van der Waals surface area contributed by atoms with Gasteiger partial charge in [0.1, 0.15) is 5.70 Å². The van der Waals surface area contributed by atoms with Crippen LogP contribution in [-0.4, -0.2) is 48.8 Å². The summed E-state index contributed by atoms with van der Waals surface area (Å²) >= 11 is 0. The molecule has 2 aromatic rings. The summed E-state index contributed by atoms with van der Waals surface area (Å²) in [5.41, 5.74) is 0.967. The van der Waals surface area contributed by atoms with E-state index in [1.54, 1.807) is 6.08 Å². The third-order valence-electron chi connectivity index (χ3n) is 4.01. The van der Waals surface area contributed by atoms with Crippen LogP contribution in [0.2, 0.25) is 0 Å². The van der Waals surface area contributed by atoms with Gasteiger partial charge in [-0.05, 0) is 50.8 Å². The minimum absolute atomic E-state index is 0.101. The molecule has 0 atom stereocenters. The number of hydrogen-bond acceptors (Lipinski definition) is 5. The molecule has 2 amide bonds. The van der Waals surface area contributed by atoms with Crippen LogP contribution in [0, 0.1) is 10.1 Å². The Morgan fingerprint density at radius 2 is 1.72 bits per heavy atom. The van der Waals surface area contributed by atoms with Crippen molar-refractivity contribution in [3.63, 3.8) is 0 Å². The predicted octanol–water partition coefficient (Wildman–Crippen LogP) is 2.43. The zero-order chi connectivity index (χ0) is 21.2. The average Bonchev–Trinajstić information content (AvgIpc) is 2.71. The van der Waals surface area contributed by atoms with Crippen LogP contribution in [0.15, 0.2) is 60.3 Å². The fourth-order valence-corrected chi connectivity index (χ4v) is 2.50. The number of carbonyl (C=O) groups excluding carboxylic acids is 2. The van der Waals surface area contributed by atoms with Crippen molar-refractivity contribution in [3.8, 4) is 0 Å². The van der Waals surface area contributed by atoms with E-state index >= 15 is 0 Å². The third-order valence-corrected chi connectivity index (χ3v) is 4.01. The lowest BCUT2D eigenvalue weighted by atomic mass is 10.1. The zero-order valence-corrected chi connectivity index (χ0v) is 16.4. The van der Waals surface area contributed by atoms with Gasteiger partial charge in [0.05, 0.1) is 4.92 Å². The van der Waals surface area contributed by atoms with E-state index in [9.17, 15) is 19.7 Å². The highest BCUT2D eigenvalue weighted by Gasteiger charge is 2.15. The Morgan fingerprint density at radius 3 is 2.31 bits per heavy atom. The monoisotopic (exact) mass is 396 g/mol. The fourth-order valence-electron chi connectivity index (χ4n) is 2.50. The van der Waals surface area contributed by atoms with Crippen LogP contribution < -0.4 is 10.6 Å². The van der Waals surface area contributed by atoms with Gasteiger partial charge >= 0.3 is 0 Å². The molecule has 29 heavy (non-hydrogen) atoms. The average molecular weight is 396 g/mol. The molecule has 152 valence electrons. The SMILES string of the molecule is CN(C)CCCNC(=O)/C(=C\c1ccccc1)NC(=O)c1ccc([N+](=O)[O-])cc1. The highest BCUT2D eigenvalue weighted by atomic mass is 16.6. The maximum atomic E-state index is 12.6. The van der Waals surface area contributed by atoms with E-state index in [1.165, 1.54) is 24.3 Å². The number of carbonyl (C=O) groups is 2. The third kappa shape index (κ3) is 7.19.